The van der Waals surface area contributed by atoms with Crippen LogP contribution in [-0.2, 0) is 10.2 Å². The first-order valence-corrected chi connectivity index (χ1v) is 12.4. The number of nitrogens with one attached hydrogen (secondary N) is 2. The van der Waals surface area contributed by atoms with E-state index in [1.54, 1.807) is 30.5 Å². The number of anilines is 2. The van der Waals surface area contributed by atoms with E-state index < -0.39 is 10.2 Å². The number of fused-ring (bicyclic) bond motifs is 1. The average Bonchev–Trinajstić information content (AvgIpc) is 2.85. The van der Waals surface area contributed by atoms with Gasteiger partial charge in [-0.05, 0) is 61.4 Å². The fourth-order valence-corrected chi connectivity index (χ4v) is 5.24. The summed E-state index contributed by atoms with van der Waals surface area (Å²) in [6, 6.07) is 19.9. The van der Waals surface area contributed by atoms with Gasteiger partial charge in [-0.1, -0.05) is 24.3 Å². The Bertz CT molecular complexity index is 1490. The largest absolute Gasteiger partial charge is 0.322 e. The standard InChI is InChI=1S/C25H23N5O3S/c1-17-7-10-20(15-22(17)24-26-16-19-5-2-3-6-23(19)29-24)28-25(31)18-8-11-21(12-9-18)30-14-4-13-27-34(30,32)33/h2-3,5-12,15-16,27H,4,13-14H2,1H3,(H,28,31). The van der Waals surface area contributed by atoms with Crippen molar-refractivity contribution in [3.05, 3.63) is 84.1 Å². The van der Waals surface area contributed by atoms with E-state index in [2.05, 4.69) is 20.0 Å². The number of carbonyl (C=O) groups is 1. The summed E-state index contributed by atoms with van der Waals surface area (Å²) in [6.07, 6.45) is 2.51. The molecule has 1 aromatic heterocycles. The second kappa shape index (κ2) is 8.85. The molecule has 34 heavy (non-hydrogen) atoms. The Morgan fingerprint density at radius 3 is 2.65 bits per heavy atom. The van der Waals surface area contributed by atoms with E-state index in [1.165, 1.54) is 4.31 Å². The van der Waals surface area contributed by atoms with Gasteiger partial charge in [0.2, 0.25) is 0 Å². The molecular weight excluding hydrogens is 450 g/mol. The van der Waals surface area contributed by atoms with Gasteiger partial charge >= 0.3 is 10.2 Å². The minimum Gasteiger partial charge on any atom is -0.322 e. The quantitative estimate of drug-likeness (QED) is 0.468. The molecule has 4 aromatic rings. The van der Waals surface area contributed by atoms with E-state index in [-0.39, 0.29) is 5.91 Å². The highest BCUT2D eigenvalue weighted by Gasteiger charge is 2.25. The normalized spacial score (nSPS) is 15.3. The Morgan fingerprint density at radius 2 is 1.85 bits per heavy atom. The van der Waals surface area contributed by atoms with Crippen LogP contribution in [0.5, 0.6) is 0 Å². The molecule has 9 heteroatoms. The van der Waals surface area contributed by atoms with E-state index in [4.69, 9.17) is 0 Å². The highest BCUT2D eigenvalue weighted by molar-refractivity contribution is 7.90. The predicted octanol–water partition coefficient (Wildman–Crippen LogP) is 3.90. The van der Waals surface area contributed by atoms with Gasteiger partial charge in [0.05, 0.1) is 11.2 Å². The molecule has 0 unspecified atom stereocenters. The van der Waals surface area contributed by atoms with E-state index in [0.717, 1.165) is 28.5 Å². The smallest absolute Gasteiger partial charge is 0.301 e. The van der Waals surface area contributed by atoms with Crippen LogP contribution in [0.3, 0.4) is 0 Å². The third-order valence-electron chi connectivity index (χ3n) is 5.76. The number of benzene rings is 3. The van der Waals surface area contributed by atoms with Crippen molar-refractivity contribution in [3.63, 3.8) is 0 Å². The molecule has 0 radical (unpaired) electrons. The van der Waals surface area contributed by atoms with Crippen LogP contribution >= 0.6 is 0 Å². The molecule has 1 aliphatic heterocycles. The van der Waals surface area contributed by atoms with Crippen LogP contribution in [0.1, 0.15) is 22.3 Å². The van der Waals surface area contributed by atoms with Crippen molar-refractivity contribution in [2.45, 2.75) is 13.3 Å². The topological polar surface area (TPSA) is 104 Å². The second-order valence-corrected chi connectivity index (χ2v) is 9.79. The maximum atomic E-state index is 12.9. The zero-order chi connectivity index (χ0) is 23.7. The summed E-state index contributed by atoms with van der Waals surface area (Å²) in [4.78, 5) is 22.0. The average molecular weight is 474 g/mol. The van der Waals surface area contributed by atoms with E-state index >= 15 is 0 Å². The monoisotopic (exact) mass is 473 g/mol. The maximum absolute atomic E-state index is 12.9. The molecular formula is C25H23N5O3S. The van der Waals surface area contributed by atoms with Crippen LogP contribution in [-0.4, -0.2) is 37.4 Å². The van der Waals surface area contributed by atoms with E-state index in [0.29, 0.717) is 35.9 Å². The molecule has 0 spiro atoms. The van der Waals surface area contributed by atoms with Gasteiger partial charge in [0, 0.05) is 41.5 Å². The second-order valence-electron chi connectivity index (χ2n) is 8.11. The molecule has 0 bridgehead atoms. The maximum Gasteiger partial charge on any atom is 0.301 e. The van der Waals surface area contributed by atoms with Gasteiger partial charge in [-0.15, -0.1) is 0 Å². The third kappa shape index (κ3) is 4.35. The Morgan fingerprint density at radius 1 is 1.06 bits per heavy atom. The summed E-state index contributed by atoms with van der Waals surface area (Å²) in [7, 11) is -3.54. The van der Waals surface area contributed by atoms with Crippen LogP contribution < -0.4 is 14.3 Å². The van der Waals surface area contributed by atoms with E-state index in [9.17, 15) is 13.2 Å². The van der Waals surface area contributed by atoms with Crippen molar-refractivity contribution < 1.29 is 13.2 Å². The lowest BCUT2D eigenvalue weighted by Crippen LogP contribution is -2.47. The molecule has 0 aliphatic carbocycles. The highest BCUT2D eigenvalue weighted by Crippen LogP contribution is 2.26. The van der Waals surface area contributed by atoms with Crippen LogP contribution in [0.4, 0.5) is 11.4 Å². The summed E-state index contributed by atoms with van der Waals surface area (Å²) < 4.78 is 28.3. The first-order chi connectivity index (χ1) is 16.4. The van der Waals surface area contributed by atoms with Gasteiger partial charge in [-0.3, -0.25) is 9.10 Å². The minimum absolute atomic E-state index is 0.291. The number of nitrogens with zero attached hydrogens (tertiary/aromatic N) is 3. The number of hydrogen-bond donors (Lipinski definition) is 2. The summed E-state index contributed by atoms with van der Waals surface area (Å²) in [5.41, 5.74) is 4.25. The number of aromatic nitrogens is 2. The molecule has 1 saturated heterocycles. The Hall–Kier alpha value is -3.82. The molecule has 0 atom stereocenters. The molecule has 5 rings (SSSR count). The van der Waals surface area contributed by atoms with Crippen molar-refractivity contribution in [1.29, 1.82) is 0 Å². The number of para-hydroxylation sites is 1. The van der Waals surface area contributed by atoms with Crippen LogP contribution in [0, 0.1) is 6.92 Å². The van der Waals surface area contributed by atoms with Gasteiger partial charge in [-0.2, -0.15) is 13.1 Å². The molecule has 2 N–H and O–H groups in total. The molecule has 3 aromatic carbocycles. The van der Waals surface area contributed by atoms with Crippen LogP contribution in [0.2, 0.25) is 0 Å². The van der Waals surface area contributed by atoms with Crippen molar-refractivity contribution in [3.8, 4) is 11.4 Å². The number of rotatable bonds is 4. The third-order valence-corrected chi connectivity index (χ3v) is 7.30. The van der Waals surface area contributed by atoms with Gasteiger partial charge in [-0.25, -0.2) is 9.97 Å². The van der Waals surface area contributed by atoms with Crippen molar-refractivity contribution in [2.75, 3.05) is 22.7 Å². The van der Waals surface area contributed by atoms with Gasteiger partial charge < -0.3 is 5.32 Å². The van der Waals surface area contributed by atoms with Crippen molar-refractivity contribution in [2.24, 2.45) is 0 Å². The number of amides is 1. The molecule has 8 nitrogen and oxygen atoms in total. The zero-order valence-corrected chi connectivity index (χ0v) is 19.3. The fraction of sp³-hybridized carbons (Fsp3) is 0.160. The summed E-state index contributed by atoms with van der Waals surface area (Å²) >= 11 is 0. The lowest BCUT2D eigenvalue weighted by Gasteiger charge is -2.28. The molecule has 0 saturated carbocycles. The number of hydrogen-bond acceptors (Lipinski definition) is 5. The summed E-state index contributed by atoms with van der Waals surface area (Å²) in [5, 5.41) is 3.87. The number of aryl methyl sites for hydroxylation is 1. The first kappa shape index (κ1) is 22.0. The predicted molar refractivity (Wildman–Crippen MR) is 133 cm³/mol. The van der Waals surface area contributed by atoms with Gasteiger partial charge in [0.1, 0.15) is 0 Å². The summed E-state index contributed by atoms with van der Waals surface area (Å²) in [5.74, 6) is 0.299. The number of carbonyl (C=O) groups excluding carboxylic acids is 1. The van der Waals surface area contributed by atoms with Gasteiger partial charge in [0.15, 0.2) is 5.82 Å². The van der Waals surface area contributed by atoms with Crippen LogP contribution in [0.15, 0.2) is 72.9 Å². The SMILES string of the molecule is Cc1ccc(NC(=O)c2ccc(N3CCCNS3(=O)=O)cc2)cc1-c1ncc2ccccc2n1. The molecule has 1 amide bonds. The lowest BCUT2D eigenvalue weighted by atomic mass is 10.1. The van der Waals surface area contributed by atoms with Gasteiger partial charge in [0.25, 0.3) is 5.91 Å². The van der Waals surface area contributed by atoms with Crippen LogP contribution in [0.25, 0.3) is 22.3 Å². The zero-order valence-electron chi connectivity index (χ0n) is 18.5. The van der Waals surface area contributed by atoms with Crippen molar-refractivity contribution >= 4 is 38.4 Å². The Kier molecular flexibility index (Phi) is 5.72. The Labute approximate surface area is 197 Å². The highest BCUT2D eigenvalue weighted by atomic mass is 32.2. The lowest BCUT2D eigenvalue weighted by molar-refractivity contribution is 0.102. The molecule has 172 valence electrons. The first-order valence-electron chi connectivity index (χ1n) is 10.9. The van der Waals surface area contributed by atoms with E-state index in [1.807, 2.05) is 49.4 Å². The minimum atomic E-state index is -3.54. The van der Waals surface area contributed by atoms with Crippen molar-refractivity contribution in [1.82, 2.24) is 14.7 Å². The molecule has 2 heterocycles. The molecule has 1 fully saturated rings. The Balaban J connectivity index is 1.36. The fourth-order valence-electron chi connectivity index (χ4n) is 3.91. The summed E-state index contributed by atoms with van der Waals surface area (Å²) in [6.45, 7) is 2.81. The molecule has 1 aliphatic rings.